The third-order valence-corrected chi connectivity index (χ3v) is 3.51. The van der Waals surface area contributed by atoms with Crippen molar-refractivity contribution in [2.75, 3.05) is 7.11 Å². The molecule has 20 heavy (non-hydrogen) atoms. The Balaban J connectivity index is 2.23. The molecule has 3 nitrogen and oxygen atoms in total. The van der Waals surface area contributed by atoms with Gasteiger partial charge in [0.25, 0.3) is 0 Å². The summed E-state index contributed by atoms with van der Waals surface area (Å²) < 4.78 is 12.2. The first-order chi connectivity index (χ1) is 9.61. The highest BCUT2D eigenvalue weighted by molar-refractivity contribution is 9.10. The number of halogens is 1. The molecule has 0 saturated carbocycles. The highest BCUT2D eigenvalue weighted by Crippen LogP contribution is 2.31. The van der Waals surface area contributed by atoms with Crippen molar-refractivity contribution in [2.45, 2.75) is 6.61 Å². The van der Waals surface area contributed by atoms with E-state index in [0.29, 0.717) is 23.7 Å². The molecule has 0 unspecified atom stereocenters. The van der Waals surface area contributed by atoms with E-state index >= 15 is 0 Å². The van der Waals surface area contributed by atoms with Crippen LogP contribution in [0.4, 0.5) is 0 Å². The van der Waals surface area contributed by atoms with E-state index in [2.05, 4.69) is 15.9 Å². The summed E-state index contributed by atoms with van der Waals surface area (Å²) in [5, 5.41) is 0. The average Bonchev–Trinajstić information content (AvgIpc) is 2.46. The second-order valence-electron chi connectivity index (χ2n) is 4.12. The fourth-order valence-electron chi connectivity index (χ4n) is 1.76. The Bertz CT molecular complexity index is 614. The van der Waals surface area contributed by atoms with Crippen LogP contribution >= 0.6 is 28.1 Å². The van der Waals surface area contributed by atoms with Gasteiger partial charge >= 0.3 is 0 Å². The number of hydrogen-bond acceptors (Lipinski definition) is 3. The third-order valence-electron chi connectivity index (χ3n) is 2.76. The van der Waals surface area contributed by atoms with Crippen LogP contribution in [0.3, 0.4) is 0 Å². The number of hydrogen-bond donors (Lipinski definition) is 1. The van der Waals surface area contributed by atoms with Gasteiger partial charge in [0.05, 0.1) is 12.7 Å². The molecule has 104 valence electrons. The first-order valence-electron chi connectivity index (χ1n) is 5.96. The van der Waals surface area contributed by atoms with Gasteiger partial charge in [0.1, 0.15) is 11.6 Å². The maximum atomic E-state index is 5.84. The van der Waals surface area contributed by atoms with Gasteiger partial charge in [0.2, 0.25) is 0 Å². The first kappa shape index (κ1) is 14.8. The van der Waals surface area contributed by atoms with Crippen LogP contribution in [-0.2, 0) is 6.61 Å². The second kappa shape index (κ2) is 6.72. The third kappa shape index (κ3) is 3.49. The van der Waals surface area contributed by atoms with Gasteiger partial charge < -0.3 is 15.2 Å². The molecular weight excluding hydrogens is 338 g/mol. The molecule has 0 fully saturated rings. The zero-order valence-corrected chi connectivity index (χ0v) is 13.3. The van der Waals surface area contributed by atoms with Crippen molar-refractivity contribution >= 4 is 33.1 Å². The maximum Gasteiger partial charge on any atom is 0.171 e. The largest absolute Gasteiger partial charge is 0.493 e. The van der Waals surface area contributed by atoms with Crippen LogP contribution in [0.15, 0.2) is 46.9 Å². The van der Waals surface area contributed by atoms with Crippen molar-refractivity contribution in [2.24, 2.45) is 5.73 Å². The number of methoxy groups -OCH3 is 1. The van der Waals surface area contributed by atoms with E-state index in [0.717, 1.165) is 10.0 Å². The number of benzene rings is 2. The quantitative estimate of drug-likeness (QED) is 0.834. The summed E-state index contributed by atoms with van der Waals surface area (Å²) >= 11 is 8.44. The highest BCUT2D eigenvalue weighted by atomic mass is 79.9. The Kier molecular flexibility index (Phi) is 4.98. The molecule has 0 atom stereocenters. The van der Waals surface area contributed by atoms with Crippen LogP contribution in [0.1, 0.15) is 11.1 Å². The molecule has 0 aromatic heterocycles. The minimum absolute atomic E-state index is 0.287. The molecule has 0 aliphatic carbocycles. The lowest BCUT2D eigenvalue weighted by Crippen LogP contribution is -2.12. The van der Waals surface area contributed by atoms with Crippen LogP contribution in [0.2, 0.25) is 0 Å². The van der Waals surface area contributed by atoms with E-state index in [1.165, 1.54) is 0 Å². The zero-order chi connectivity index (χ0) is 14.5. The standard InChI is InChI=1S/C15H14BrNO2S/c1-18-13-4-2-3-12(15(17)20)14(13)19-9-10-5-7-11(16)8-6-10/h2-8H,9H2,1H3,(H2,17,20). The van der Waals surface area contributed by atoms with E-state index in [1.807, 2.05) is 42.5 Å². The molecule has 2 aromatic rings. The lowest BCUT2D eigenvalue weighted by Gasteiger charge is -2.14. The summed E-state index contributed by atoms with van der Waals surface area (Å²) in [5.41, 5.74) is 7.44. The molecule has 0 radical (unpaired) electrons. The van der Waals surface area contributed by atoms with Gasteiger partial charge in [-0.05, 0) is 29.8 Å². The minimum atomic E-state index is 0.287. The number of thiocarbonyl (C=S) groups is 1. The normalized spacial score (nSPS) is 10.1. The van der Waals surface area contributed by atoms with Gasteiger partial charge in [0, 0.05) is 4.47 Å². The first-order valence-corrected chi connectivity index (χ1v) is 7.16. The smallest absolute Gasteiger partial charge is 0.171 e. The van der Waals surface area contributed by atoms with Gasteiger partial charge in [-0.1, -0.05) is 46.3 Å². The lowest BCUT2D eigenvalue weighted by atomic mass is 10.2. The van der Waals surface area contributed by atoms with Gasteiger partial charge in [-0.3, -0.25) is 0 Å². The van der Waals surface area contributed by atoms with E-state index in [4.69, 9.17) is 27.4 Å². The second-order valence-corrected chi connectivity index (χ2v) is 5.47. The van der Waals surface area contributed by atoms with Gasteiger partial charge in [-0.15, -0.1) is 0 Å². The Morgan fingerprint density at radius 1 is 1.20 bits per heavy atom. The molecule has 0 saturated heterocycles. The number of rotatable bonds is 5. The van der Waals surface area contributed by atoms with Crippen LogP contribution in [0.5, 0.6) is 11.5 Å². The van der Waals surface area contributed by atoms with Crippen LogP contribution in [-0.4, -0.2) is 12.1 Å². The molecule has 0 spiro atoms. The predicted molar refractivity (Wildman–Crippen MR) is 87.4 cm³/mol. The average molecular weight is 352 g/mol. The SMILES string of the molecule is COc1cccc(C(N)=S)c1OCc1ccc(Br)cc1. The Morgan fingerprint density at radius 2 is 1.90 bits per heavy atom. The summed E-state index contributed by atoms with van der Waals surface area (Å²) in [6.45, 7) is 0.420. The monoisotopic (exact) mass is 351 g/mol. The Morgan fingerprint density at radius 3 is 2.50 bits per heavy atom. The summed E-state index contributed by atoms with van der Waals surface area (Å²) in [4.78, 5) is 0.287. The van der Waals surface area contributed by atoms with E-state index in [1.54, 1.807) is 7.11 Å². The van der Waals surface area contributed by atoms with Crippen LogP contribution < -0.4 is 15.2 Å². The highest BCUT2D eigenvalue weighted by Gasteiger charge is 2.12. The van der Waals surface area contributed by atoms with Crippen LogP contribution in [0, 0.1) is 0 Å². The summed E-state index contributed by atoms with van der Waals surface area (Å²) in [6.07, 6.45) is 0. The van der Waals surface area contributed by atoms with E-state index in [-0.39, 0.29) is 4.99 Å². The van der Waals surface area contributed by atoms with Crippen molar-refractivity contribution in [3.8, 4) is 11.5 Å². The molecule has 0 aliphatic heterocycles. The Labute approximate surface area is 131 Å². The number of nitrogens with two attached hydrogens (primary N) is 1. The molecular formula is C15H14BrNO2S. The summed E-state index contributed by atoms with van der Waals surface area (Å²) in [6, 6.07) is 13.4. The zero-order valence-electron chi connectivity index (χ0n) is 10.9. The fraction of sp³-hybridized carbons (Fsp3) is 0.133. The number of ether oxygens (including phenoxy) is 2. The molecule has 2 rings (SSSR count). The minimum Gasteiger partial charge on any atom is -0.493 e. The fourth-order valence-corrected chi connectivity index (χ4v) is 2.18. The van der Waals surface area contributed by atoms with Gasteiger partial charge in [-0.25, -0.2) is 0 Å². The molecule has 0 heterocycles. The van der Waals surface area contributed by atoms with Crippen molar-refractivity contribution in [3.63, 3.8) is 0 Å². The molecule has 0 amide bonds. The van der Waals surface area contributed by atoms with Crippen molar-refractivity contribution in [1.82, 2.24) is 0 Å². The van der Waals surface area contributed by atoms with Gasteiger partial charge in [-0.2, -0.15) is 0 Å². The Hall–Kier alpha value is -1.59. The van der Waals surface area contributed by atoms with Crippen LogP contribution in [0.25, 0.3) is 0 Å². The summed E-state index contributed by atoms with van der Waals surface area (Å²) in [5.74, 6) is 1.19. The molecule has 2 aromatic carbocycles. The lowest BCUT2D eigenvalue weighted by molar-refractivity contribution is 0.284. The topological polar surface area (TPSA) is 44.5 Å². The van der Waals surface area contributed by atoms with E-state index in [9.17, 15) is 0 Å². The molecule has 0 aliphatic rings. The summed E-state index contributed by atoms with van der Waals surface area (Å²) in [7, 11) is 1.59. The molecule has 5 heteroatoms. The van der Waals surface area contributed by atoms with Crippen molar-refractivity contribution < 1.29 is 9.47 Å². The van der Waals surface area contributed by atoms with Gasteiger partial charge in [0.15, 0.2) is 11.5 Å². The predicted octanol–water partition coefficient (Wildman–Crippen LogP) is 3.67. The maximum absolute atomic E-state index is 5.84. The molecule has 2 N–H and O–H groups in total. The van der Waals surface area contributed by atoms with Crippen molar-refractivity contribution in [1.29, 1.82) is 0 Å². The molecule has 0 bridgehead atoms. The van der Waals surface area contributed by atoms with E-state index < -0.39 is 0 Å². The van der Waals surface area contributed by atoms with Crippen molar-refractivity contribution in [3.05, 3.63) is 58.1 Å². The number of para-hydroxylation sites is 1.